The van der Waals surface area contributed by atoms with E-state index in [0.717, 1.165) is 33.8 Å². The summed E-state index contributed by atoms with van der Waals surface area (Å²) < 4.78 is 2.00. The van der Waals surface area contributed by atoms with Crippen molar-refractivity contribution in [2.24, 2.45) is 7.05 Å². The molecule has 39 heavy (non-hydrogen) atoms. The normalized spacial score (nSPS) is 18.7. The van der Waals surface area contributed by atoms with Crippen LogP contribution in [0.5, 0.6) is 0 Å². The fourth-order valence-electron chi connectivity index (χ4n) is 6.22. The average molecular weight is 508 g/mol. The van der Waals surface area contributed by atoms with Crippen molar-refractivity contribution >= 4 is 91.1 Å². The third kappa shape index (κ3) is 3.97. The lowest BCUT2D eigenvalue weighted by atomic mass is 9.17. The molecule has 0 spiro atoms. The molecule has 0 bridgehead atoms. The Morgan fingerprint density at radius 2 is 1.46 bits per heavy atom. The largest absolute Gasteiger partial charge is 0.379 e. The second-order valence-corrected chi connectivity index (χ2v) is 12.8. The van der Waals surface area contributed by atoms with Crippen molar-refractivity contribution in [2.75, 3.05) is 10.2 Å². The topological polar surface area (TPSA) is 88.8 Å². The van der Waals surface area contributed by atoms with E-state index in [-0.39, 0.29) is 27.0 Å². The molecule has 1 fully saturated rings. The summed E-state index contributed by atoms with van der Waals surface area (Å²) in [4.78, 5) is 34.0. The molecule has 8 nitrogen and oxygen atoms in total. The molecule has 1 N–H and O–H groups in total. The minimum absolute atomic E-state index is 0.0136. The number of hydrogen-bond donors (Lipinski definition) is 1. The Morgan fingerprint density at radius 1 is 0.821 bits per heavy atom. The molecule has 0 radical (unpaired) electrons. The van der Waals surface area contributed by atoms with Crippen LogP contribution in [-0.4, -0.2) is 104 Å². The molecule has 0 aromatic carbocycles. The Hall–Kier alpha value is -3.29. The highest BCUT2D eigenvalue weighted by Crippen LogP contribution is 2.63. The second-order valence-electron chi connectivity index (χ2n) is 12.8. The van der Waals surface area contributed by atoms with Gasteiger partial charge in [0.1, 0.15) is 48.8 Å². The van der Waals surface area contributed by atoms with E-state index in [4.69, 9.17) is 4.98 Å². The van der Waals surface area contributed by atoms with Crippen LogP contribution in [0.4, 0.5) is 11.6 Å². The highest BCUT2D eigenvalue weighted by molar-refractivity contribution is 6.69. The van der Waals surface area contributed by atoms with E-state index in [1.54, 1.807) is 24.7 Å². The third-order valence-electron chi connectivity index (χ3n) is 10.3. The van der Waals surface area contributed by atoms with Crippen LogP contribution in [0.25, 0.3) is 22.2 Å². The van der Waals surface area contributed by atoms with Gasteiger partial charge in [-0.05, 0) is 47.3 Å². The first kappa shape index (κ1) is 27.3. The van der Waals surface area contributed by atoms with Crippen molar-refractivity contribution in [3.05, 3.63) is 60.4 Å². The van der Waals surface area contributed by atoms with Gasteiger partial charge in [-0.1, -0.05) is 10.4 Å². The Bertz CT molecular complexity index is 1600. The van der Waals surface area contributed by atoms with Gasteiger partial charge in [-0.2, -0.15) is 0 Å². The minimum atomic E-state index is -0.227. The van der Waals surface area contributed by atoms with Gasteiger partial charge in [-0.3, -0.25) is 9.78 Å². The molecule has 1 saturated heterocycles. The number of aryl methyl sites for hydroxylation is 1. The molecule has 16 heteroatoms. The Labute approximate surface area is 237 Å². The van der Waals surface area contributed by atoms with E-state index >= 15 is 0 Å². The lowest BCUT2D eigenvalue weighted by molar-refractivity contribution is 0.102. The lowest BCUT2D eigenvalue weighted by Crippen LogP contribution is -2.60. The zero-order valence-corrected chi connectivity index (χ0v) is 24.7. The van der Waals surface area contributed by atoms with Crippen LogP contribution in [0.2, 0.25) is 10.4 Å². The molecule has 0 saturated carbocycles. The smallest absolute Gasteiger partial charge is 0.257 e. The van der Waals surface area contributed by atoms with E-state index in [1.807, 2.05) is 42.9 Å². The zero-order chi connectivity index (χ0) is 28.5. The first-order valence-electron chi connectivity index (χ1n) is 13.4. The number of carbonyl (C=O) groups excluding carboxylic acids is 1. The van der Waals surface area contributed by atoms with Gasteiger partial charge in [0.25, 0.3) is 5.91 Å². The molecule has 5 rings (SSSR count). The van der Waals surface area contributed by atoms with Crippen LogP contribution < -0.4 is 10.2 Å². The predicted molar refractivity (Wildman–Crippen MR) is 180 cm³/mol. The first-order valence-corrected chi connectivity index (χ1v) is 13.4. The number of rotatable bonds is 4. The van der Waals surface area contributed by atoms with Crippen LogP contribution in [-0.2, 0) is 7.05 Å². The summed E-state index contributed by atoms with van der Waals surface area (Å²) in [7, 11) is 20.4. The number of aromatic nitrogens is 5. The van der Waals surface area contributed by atoms with Crippen molar-refractivity contribution in [2.45, 2.75) is 28.0 Å². The summed E-state index contributed by atoms with van der Waals surface area (Å²) in [6.07, 6.45) is 7.06. The van der Waals surface area contributed by atoms with E-state index in [0.29, 0.717) is 11.4 Å². The van der Waals surface area contributed by atoms with E-state index in [1.165, 1.54) is 0 Å². The predicted octanol–water partition coefficient (Wildman–Crippen LogP) is -4.59. The fraction of sp³-hybridized carbons (Fsp3) is 0.261. The molecule has 0 aliphatic carbocycles. The van der Waals surface area contributed by atoms with Crippen LogP contribution in [0.1, 0.15) is 16.2 Å². The maximum absolute atomic E-state index is 13.4. The van der Waals surface area contributed by atoms with Gasteiger partial charge >= 0.3 is 0 Å². The van der Waals surface area contributed by atoms with E-state index in [2.05, 4.69) is 87.9 Å². The highest BCUT2D eigenvalue weighted by Gasteiger charge is 2.65. The van der Waals surface area contributed by atoms with Crippen molar-refractivity contribution in [3.8, 4) is 11.4 Å². The zero-order valence-electron chi connectivity index (χ0n) is 24.7. The van der Waals surface area contributed by atoms with Gasteiger partial charge in [0, 0.05) is 36.6 Å². The molecule has 0 atom stereocenters. The molecule has 4 aromatic rings. The number of imidazole rings is 1. The van der Waals surface area contributed by atoms with Gasteiger partial charge in [0.05, 0.1) is 49.0 Å². The van der Waals surface area contributed by atoms with Crippen LogP contribution in [0.15, 0.2) is 49.1 Å². The molecule has 1 amide bonds. The number of pyridine rings is 3. The first-order chi connectivity index (χ1) is 18.1. The fourth-order valence-corrected chi connectivity index (χ4v) is 6.22. The SMILES string of the molecule is BC1(B)N(c2cc(C(=O)Nc3cc4cc(-c5cnc(C)n5C)ncc4cn3)ccn2)C(B)(B)C(B)(B)C1(B)B. The number of anilines is 2. The summed E-state index contributed by atoms with van der Waals surface area (Å²) in [5.41, 5.74) is 2.28. The summed E-state index contributed by atoms with van der Waals surface area (Å²) in [5, 5.41) is 4.40. The molecular weight excluding hydrogens is 477 g/mol. The standard InChI is InChI=1S/C23H31B8N7O/c1-11-33-10-16(37(11)2)15-5-13-6-17(35-9-14(13)8-34-15)36-19(39)12-3-4-32-18(7-12)38-22(28,29)20(24,25)21(26,27)23(38,30)31/h3-10H,24-31H2,1-2H3,(H,35,36,39). The van der Waals surface area contributed by atoms with Crippen LogP contribution in [0.3, 0.4) is 0 Å². The third-order valence-corrected chi connectivity index (χ3v) is 10.3. The maximum atomic E-state index is 13.4. The Balaban J connectivity index is 1.45. The van der Waals surface area contributed by atoms with Gasteiger partial charge in [-0.25, -0.2) is 15.0 Å². The summed E-state index contributed by atoms with van der Waals surface area (Å²) >= 11 is 0. The number of fused-ring (bicyclic) bond motifs is 1. The minimum Gasteiger partial charge on any atom is -0.379 e. The molecule has 5 heterocycles. The van der Waals surface area contributed by atoms with Crippen molar-refractivity contribution in [1.29, 1.82) is 0 Å². The molecule has 1 aliphatic rings. The number of hydrogen-bond acceptors (Lipinski definition) is 6. The van der Waals surface area contributed by atoms with E-state index in [9.17, 15) is 4.79 Å². The van der Waals surface area contributed by atoms with Crippen molar-refractivity contribution < 1.29 is 4.79 Å². The Kier molecular flexibility index (Phi) is 6.20. The average Bonchev–Trinajstić information content (AvgIpc) is 3.23. The monoisotopic (exact) mass is 509 g/mol. The Morgan fingerprint density at radius 3 is 2.08 bits per heavy atom. The van der Waals surface area contributed by atoms with E-state index < -0.39 is 0 Å². The summed E-state index contributed by atoms with van der Waals surface area (Å²) in [5.74, 6) is 1.97. The maximum Gasteiger partial charge on any atom is 0.257 e. The second kappa shape index (κ2) is 8.86. The molecule has 0 unspecified atom stereocenters. The molecule has 1 aliphatic heterocycles. The molecular formula is C23H31B8N7O. The van der Waals surface area contributed by atoms with Crippen LogP contribution in [0, 0.1) is 6.92 Å². The van der Waals surface area contributed by atoms with Crippen molar-refractivity contribution in [1.82, 2.24) is 24.5 Å². The molecule has 4 aromatic heterocycles. The van der Waals surface area contributed by atoms with Crippen LogP contribution >= 0.6 is 0 Å². The van der Waals surface area contributed by atoms with Gasteiger partial charge in [0.15, 0.2) is 0 Å². The number of nitrogens with one attached hydrogen (secondary N) is 1. The molecule has 188 valence electrons. The summed E-state index contributed by atoms with van der Waals surface area (Å²) in [6, 6.07) is 7.51. The lowest BCUT2D eigenvalue weighted by Gasteiger charge is -2.46. The number of carbonyl (C=O) groups is 1. The number of nitrogens with zero attached hydrogens (tertiary/aromatic N) is 6. The summed E-state index contributed by atoms with van der Waals surface area (Å²) in [6.45, 7) is 1.96. The highest BCUT2D eigenvalue weighted by atomic mass is 16.1. The number of amides is 1. The van der Waals surface area contributed by atoms with Gasteiger partial charge < -0.3 is 14.8 Å². The quantitative estimate of drug-likeness (QED) is 0.280. The van der Waals surface area contributed by atoms with Gasteiger partial charge in [0.2, 0.25) is 0 Å². The van der Waals surface area contributed by atoms with Crippen molar-refractivity contribution in [3.63, 3.8) is 0 Å². The van der Waals surface area contributed by atoms with Gasteiger partial charge in [-0.15, -0.1) is 0 Å².